The molecule has 0 atom stereocenters. The second-order valence-electron chi connectivity index (χ2n) is 8.57. The van der Waals surface area contributed by atoms with E-state index in [-0.39, 0.29) is 28.8 Å². The van der Waals surface area contributed by atoms with Gasteiger partial charge in [0.1, 0.15) is 11.9 Å². The van der Waals surface area contributed by atoms with E-state index in [0.717, 1.165) is 38.5 Å². The molecule has 0 spiro atoms. The van der Waals surface area contributed by atoms with Crippen LogP contribution in [0.1, 0.15) is 63.4 Å². The molecule has 9 heteroatoms. The monoisotopic (exact) mass is 450 g/mol. The maximum Gasteiger partial charge on any atom is 0.410 e. The average Bonchev–Trinajstić information content (AvgIpc) is 2.74. The molecule has 1 aliphatic carbocycles. The number of sulfonamides is 1. The molecule has 1 aromatic carbocycles. The summed E-state index contributed by atoms with van der Waals surface area (Å²) in [5.41, 5.74) is 5.89. The minimum atomic E-state index is -3.62. The lowest BCUT2D eigenvalue weighted by Crippen LogP contribution is -2.42. The summed E-state index contributed by atoms with van der Waals surface area (Å²) in [4.78, 5) is 14.4. The Hall–Kier alpha value is -2.13. The van der Waals surface area contributed by atoms with Crippen LogP contribution in [-0.4, -0.2) is 51.0 Å². The molecule has 1 saturated carbocycles. The van der Waals surface area contributed by atoms with Gasteiger partial charge in [0.05, 0.1) is 4.90 Å². The van der Waals surface area contributed by atoms with Crippen molar-refractivity contribution in [1.29, 1.82) is 5.41 Å². The van der Waals surface area contributed by atoms with Crippen LogP contribution in [0.3, 0.4) is 0 Å². The number of piperidine rings is 1. The lowest BCUT2D eigenvalue weighted by atomic mass is 9.97. The second kappa shape index (κ2) is 10.9. The summed E-state index contributed by atoms with van der Waals surface area (Å²) in [6, 6.07) is 5.95. The fraction of sp³-hybridized carbons (Fsp3) is 0.636. The lowest BCUT2D eigenvalue weighted by Gasteiger charge is -2.32. The molecule has 0 radical (unpaired) electrons. The molecule has 2 fully saturated rings. The second-order valence-corrected chi connectivity index (χ2v) is 10.3. The highest BCUT2D eigenvalue weighted by molar-refractivity contribution is 7.89. The smallest absolute Gasteiger partial charge is 0.410 e. The van der Waals surface area contributed by atoms with Crippen LogP contribution >= 0.6 is 0 Å². The van der Waals surface area contributed by atoms with Gasteiger partial charge in [-0.2, -0.15) is 0 Å². The highest BCUT2D eigenvalue weighted by Gasteiger charge is 2.27. The predicted octanol–water partition coefficient (Wildman–Crippen LogP) is 3.21. The Morgan fingerprint density at radius 2 is 1.61 bits per heavy atom. The van der Waals surface area contributed by atoms with Gasteiger partial charge in [0.2, 0.25) is 10.0 Å². The van der Waals surface area contributed by atoms with E-state index < -0.39 is 10.0 Å². The number of rotatable bonds is 6. The third kappa shape index (κ3) is 6.93. The summed E-state index contributed by atoms with van der Waals surface area (Å²) in [7, 11) is -3.62. The van der Waals surface area contributed by atoms with Gasteiger partial charge in [-0.1, -0.05) is 19.3 Å². The van der Waals surface area contributed by atoms with Crippen LogP contribution in [0, 0.1) is 11.3 Å². The fourth-order valence-corrected chi connectivity index (χ4v) is 5.31. The molecule has 8 nitrogen and oxygen atoms in total. The summed E-state index contributed by atoms with van der Waals surface area (Å²) in [6.07, 6.45) is 9.16. The van der Waals surface area contributed by atoms with Crippen LogP contribution in [0.25, 0.3) is 0 Å². The van der Waals surface area contributed by atoms with E-state index in [1.807, 2.05) is 0 Å². The molecule has 3 rings (SSSR count). The SMILES string of the molecule is N=C(N)c1ccc(S(=O)(=O)NCC2CCN(C(=O)OC3CCCCCCC3)CC2)cc1. The fourth-order valence-electron chi connectivity index (χ4n) is 4.20. The molecule has 0 aromatic heterocycles. The number of amides is 1. The molecule has 2 aliphatic rings. The van der Waals surface area contributed by atoms with Crippen molar-refractivity contribution in [2.45, 2.75) is 68.8 Å². The van der Waals surface area contributed by atoms with E-state index in [0.29, 0.717) is 25.2 Å². The van der Waals surface area contributed by atoms with E-state index in [2.05, 4.69) is 4.72 Å². The van der Waals surface area contributed by atoms with Crippen LogP contribution in [0.15, 0.2) is 29.2 Å². The predicted molar refractivity (Wildman–Crippen MR) is 120 cm³/mol. The van der Waals surface area contributed by atoms with Gasteiger partial charge in [-0.3, -0.25) is 5.41 Å². The van der Waals surface area contributed by atoms with Gasteiger partial charge < -0.3 is 15.4 Å². The first-order valence-corrected chi connectivity index (χ1v) is 12.7. The number of ether oxygens (including phenoxy) is 1. The number of carbonyl (C=O) groups excluding carboxylic acids is 1. The van der Waals surface area contributed by atoms with Crippen molar-refractivity contribution in [2.75, 3.05) is 19.6 Å². The molecule has 0 unspecified atom stereocenters. The largest absolute Gasteiger partial charge is 0.446 e. The number of amidine groups is 1. The van der Waals surface area contributed by atoms with Gasteiger partial charge in [-0.25, -0.2) is 17.9 Å². The first kappa shape index (κ1) is 23.5. The van der Waals surface area contributed by atoms with Crippen LogP contribution in [-0.2, 0) is 14.8 Å². The summed E-state index contributed by atoms with van der Waals surface area (Å²) in [6.45, 7) is 1.51. The number of nitrogen functional groups attached to an aromatic ring is 1. The third-order valence-corrected chi connectivity index (χ3v) is 7.67. The molecular weight excluding hydrogens is 416 g/mol. The van der Waals surface area contributed by atoms with Gasteiger partial charge in [0, 0.05) is 25.2 Å². The van der Waals surface area contributed by atoms with Gasteiger partial charge in [0.25, 0.3) is 0 Å². The van der Waals surface area contributed by atoms with Crippen molar-refractivity contribution in [1.82, 2.24) is 9.62 Å². The maximum atomic E-state index is 12.5. The maximum absolute atomic E-state index is 12.5. The van der Waals surface area contributed by atoms with Gasteiger partial charge in [0.15, 0.2) is 0 Å². The van der Waals surface area contributed by atoms with Gasteiger partial charge in [-0.05, 0) is 68.7 Å². The van der Waals surface area contributed by atoms with Crippen molar-refractivity contribution >= 4 is 22.0 Å². The van der Waals surface area contributed by atoms with Crippen molar-refractivity contribution in [3.63, 3.8) is 0 Å². The first-order chi connectivity index (χ1) is 14.8. The summed E-state index contributed by atoms with van der Waals surface area (Å²) < 4.78 is 33.5. The molecule has 4 N–H and O–H groups in total. The first-order valence-electron chi connectivity index (χ1n) is 11.2. The van der Waals surface area contributed by atoms with E-state index in [1.54, 1.807) is 4.90 Å². The molecule has 1 aliphatic heterocycles. The standard InChI is InChI=1S/C22H34N4O4S/c23-21(24)18-8-10-20(11-9-18)31(28,29)25-16-17-12-14-26(15-13-17)22(27)30-19-6-4-2-1-3-5-7-19/h8-11,17,19,25H,1-7,12-16H2,(H3,23,24). The number of nitrogens with two attached hydrogens (primary N) is 1. The summed E-state index contributed by atoms with van der Waals surface area (Å²) in [5, 5.41) is 7.39. The van der Waals surface area contributed by atoms with E-state index in [9.17, 15) is 13.2 Å². The molecule has 1 saturated heterocycles. The average molecular weight is 451 g/mol. The Morgan fingerprint density at radius 1 is 1.03 bits per heavy atom. The van der Waals surface area contributed by atoms with Crippen LogP contribution in [0.5, 0.6) is 0 Å². The molecule has 1 heterocycles. The Bertz CT molecular complexity index is 841. The van der Waals surface area contributed by atoms with Crippen molar-refractivity contribution in [3.8, 4) is 0 Å². The Kier molecular flexibility index (Phi) is 8.31. The molecule has 1 aromatic rings. The highest BCUT2D eigenvalue weighted by atomic mass is 32.2. The number of hydrogen-bond donors (Lipinski definition) is 3. The Morgan fingerprint density at radius 3 is 2.19 bits per heavy atom. The number of likely N-dealkylation sites (tertiary alicyclic amines) is 1. The van der Waals surface area contributed by atoms with Gasteiger partial charge in [-0.15, -0.1) is 0 Å². The highest BCUT2D eigenvalue weighted by Crippen LogP contribution is 2.22. The normalized spacial score (nSPS) is 19.4. The van der Waals surface area contributed by atoms with Crippen molar-refractivity contribution in [2.24, 2.45) is 11.7 Å². The zero-order chi connectivity index (χ0) is 22.3. The van der Waals surface area contributed by atoms with E-state index in [1.165, 1.54) is 43.5 Å². The number of hydrogen-bond acceptors (Lipinski definition) is 5. The van der Waals surface area contributed by atoms with Crippen molar-refractivity contribution in [3.05, 3.63) is 29.8 Å². The van der Waals surface area contributed by atoms with Gasteiger partial charge >= 0.3 is 6.09 Å². The number of nitrogens with zero attached hydrogens (tertiary/aromatic N) is 1. The zero-order valence-corrected chi connectivity index (χ0v) is 18.8. The van der Waals surface area contributed by atoms with Crippen LogP contribution < -0.4 is 10.5 Å². The molecular formula is C22H34N4O4S. The lowest BCUT2D eigenvalue weighted by molar-refractivity contribution is 0.0425. The Balaban J connectivity index is 1.43. The quantitative estimate of drug-likeness (QED) is 0.453. The number of nitrogens with one attached hydrogen (secondary N) is 2. The third-order valence-electron chi connectivity index (χ3n) is 6.23. The minimum absolute atomic E-state index is 0.0340. The molecule has 0 bridgehead atoms. The number of carbonyl (C=O) groups is 1. The van der Waals surface area contributed by atoms with Crippen molar-refractivity contribution < 1.29 is 17.9 Å². The Labute approximate surface area is 185 Å². The molecule has 172 valence electrons. The van der Waals surface area contributed by atoms with E-state index in [4.69, 9.17) is 15.9 Å². The van der Waals surface area contributed by atoms with E-state index >= 15 is 0 Å². The van der Waals surface area contributed by atoms with Crippen LogP contribution in [0.4, 0.5) is 4.79 Å². The number of benzene rings is 1. The zero-order valence-electron chi connectivity index (χ0n) is 18.0. The molecule has 1 amide bonds. The summed E-state index contributed by atoms with van der Waals surface area (Å²) in [5.74, 6) is 0.0773. The summed E-state index contributed by atoms with van der Waals surface area (Å²) >= 11 is 0. The topological polar surface area (TPSA) is 126 Å². The molecule has 31 heavy (non-hydrogen) atoms. The minimum Gasteiger partial charge on any atom is -0.446 e. The van der Waals surface area contributed by atoms with Crippen LogP contribution in [0.2, 0.25) is 0 Å².